The molecule has 2 atom stereocenters. The van der Waals surface area contributed by atoms with Crippen LogP contribution in [0.2, 0.25) is 0 Å². The van der Waals surface area contributed by atoms with Crippen molar-refractivity contribution in [3.63, 3.8) is 0 Å². The highest BCUT2D eigenvalue weighted by Crippen LogP contribution is 2.34. The second-order valence-electron chi connectivity index (χ2n) is 5.83. The molecule has 4 nitrogen and oxygen atoms in total. The zero-order valence-corrected chi connectivity index (χ0v) is 10.9. The van der Waals surface area contributed by atoms with Crippen LogP contribution in [0.1, 0.15) is 32.6 Å². The van der Waals surface area contributed by atoms with E-state index in [0.717, 1.165) is 25.4 Å². The minimum Gasteiger partial charge on any atom is -0.469 e. The number of ether oxygens (including phenoxy) is 1. The minimum absolute atomic E-state index is 0.106. The van der Waals surface area contributed by atoms with Gasteiger partial charge in [0, 0.05) is 31.6 Å². The van der Waals surface area contributed by atoms with Gasteiger partial charge in [-0.15, -0.1) is 0 Å². The highest BCUT2D eigenvalue weighted by atomic mass is 16.5. The first-order valence-electron chi connectivity index (χ1n) is 6.65. The first kappa shape index (κ1) is 12.8. The van der Waals surface area contributed by atoms with Gasteiger partial charge in [0.15, 0.2) is 0 Å². The second kappa shape index (κ2) is 5.36. The molecule has 0 radical (unpaired) electrons. The van der Waals surface area contributed by atoms with Crippen LogP contribution in [0.3, 0.4) is 0 Å². The van der Waals surface area contributed by atoms with Crippen LogP contribution < -0.4 is 5.73 Å². The molecule has 98 valence electrons. The van der Waals surface area contributed by atoms with Gasteiger partial charge >= 0.3 is 5.97 Å². The van der Waals surface area contributed by atoms with E-state index in [1.807, 2.05) is 0 Å². The summed E-state index contributed by atoms with van der Waals surface area (Å²) in [5.74, 6) is 1.13. The van der Waals surface area contributed by atoms with Crippen molar-refractivity contribution in [1.82, 2.24) is 4.90 Å². The maximum absolute atomic E-state index is 11.3. The Hall–Kier alpha value is -0.610. The lowest BCUT2D eigenvalue weighted by Gasteiger charge is -2.46. The van der Waals surface area contributed by atoms with E-state index in [0.29, 0.717) is 18.4 Å². The molecule has 0 spiro atoms. The Morgan fingerprint density at radius 2 is 2.06 bits per heavy atom. The molecule has 0 aromatic heterocycles. The molecule has 2 unspecified atom stereocenters. The number of carbonyl (C=O) groups is 1. The topological polar surface area (TPSA) is 55.6 Å². The van der Waals surface area contributed by atoms with E-state index in [2.05, 4.69) is 11.8 Å². The summed E-state index contributed by atoms with van der Waals surface area (Å²) in [4.78, 5) is 13.8. The number of hydrogen-bond donors (Lipinski definition) is 1. The summed E-state index contributed by atoms with van der Waals surface area (Å²) < 4.78 is 4.74. The number of nitrogens with zero attached hydrogens (tertiary/aromatic N) is 1. The molecule has 0 aromatic rings. The maximum Gasteiger partial charge on any atom is 0.305 e. The zero-order valence-electron chi connectivity index (χ0n) is 10.9. The molecule has 1 aliphatic heterocycles. The summed E-state index contributed by atoms with van der Waals surface area (Å²) in [5, 5.41) is 0. The standard InChI is InChI=1S/C13H24N2O2/c1-9-3-12(4-9)15-7-10(5-11(14)8-15)6-13(16)17-2/h9-12H,3-8,14H2,1-2H3. The van der Waals surface area contributed by atoms with Crippen molar-refractivity contribution in [2.24, 2.45) is 17.6 Å². The fourth-order valence-corrected chi connectivity index (χ4v) is 3.21. The fourth-order valence-electron chi connectivity index (χ4n) is 3.21. The first-order chi connectivity index (χ1) is 8.08. The van der Waals surface area contributed by atoms with Crippen molar-refractivity contribution >= 4 is 5.97 Å². The van der Waals surface area contributed by atoms with Gasteiger partial charge in [-0.05, 0) is 31.1 Å². The van der Waals surface area contributed by atoms with E-state index < -0.39 is 0 Å². The highest BCUT2D eigenvalue weighted by molar-refractivity contribution is 5.69. The van der Waals surface area contributed by atoms with Gasteiger partial charge in [-0.2, -0.15) is 0 Å². The lowest BCUT2D eigenvalue weighted by Crippen LogP contribution is -2.54. The Morgan fingerprint density at radius 3 is 2.65 bits per heavy atom. The van der Waals surface area contributed by atoms with E-state index in [4.69, 9.17) is 10.5 Å². The van der Waals surface area contributed by atoms with Gasteiger partial charge in [-0.3, -0.25) is 9.69 Å². The average molecular weight is 240 g/mol. The zero-order chi connectivity index (χ0) is 12.4. The monoisotopic (exact) mass is 240 g/mol. The Bertz CT molecular complexity index is 277. The van der Waals surface area contributed by atoms with Gasteiger partial charge < -0.3 is 10.5 Å². The summed E-state index contributed by atoms with van der Waals surface area (Å²) in [6.45, 7) is 4.31. The average Bonchev–Trinajstić information content (AvgIpc) is 2.23. The van der Waals surface area contributed by atoms with Crippen LogP contribution in [0.25, 0.3) is 0 Å². The fraction of sp³-hybridized carbons (Fsp3) is 0.923. The molecule has 1 saturated carbocycles. The Morgan fingerprint density at radius 1 is 1.35 bits per heavy atom. The third-order valence-corrected chi connectivity index (χ3v) is 4.15. The molecule has 4 heteroatoms. The summed E-state index contributed by atoms with van der Waals surface area (Å²) >= 11 is 0. The summed E-state index contributed by atoms with van der Waals surface area (Å²) in [6, 6.07) is 0.922. The van der Waals surface area contributed by atoms with Crippen LogP contribution in [0, 0.1) is 11.8 Å². The SMILES string of the molecule is COC(=O)CC1CC(N)CN(C2CC(C)C2)C1. The Balaban J connectivity index is 1.85. The van der Waals surface area contributed by atoms with Crippen LogP contribution in [0.5, 0.6) is 0 Å². The molecule has 0 bridgehead atoms. The van der Waals surface area contributed by atoms with Crippen LogP contribution in [0.15, 0.2) is 0 Å². The van der Waals surface area contributed by atoms with Gasteiger partial charge in [0.2, 0.25) is 0 Å². The number of methoxy groups -OCH3 is 1. The maximum atomic E-state index is 11.3. The van der Waals surface area contributed by atoms with Gasteiger partial charge in [0.05, 0.1) is 7.11 Å². The van der Waals surface area contributed by atoms with E-state index in [-0.39, 0.29) is 12.0 Å². The predicted octanol–water partition coefficient (Wildman–Crippen LogP) is 0.997. The van der Waals surface area contributed by atoms with Crippen LogP contribution in [0.4, 0.5) is 0 Å². The lowest BCUT2D eigenvalue weighted by atomic mass is 9.79. The number of hydrogen-bond acceptors (Lipinski definition) is 4. The largest absolute Gasteiger partial charge is 0.469 e. The normalized spacial score (nSPS) is 38.5. The molecule has 1 saturated heterocycles. The number of carbonyl (C=O) groups excluding carboxylic acids is 1. The molecule has 17 heavy (non-hydrogen) atoms. The smallest absolute Gasteiger partial charge is 0.305 e. The van der Waals surface area contributed by atoms with E-state index in [9.17, 15) is 4.79 Å². The molecule has 2 N–H and O–H groups in total. The van der Waals surface area contributed by atoms with Crippen molar-refractivity contribution in [2.45, 2.75) is 44.7 Å². The molecule has 2 aliphatic rings. The van der Waals surface area contributed by atoms with E-state index in [1.165, 1.54) is 20.0 Å². The number of esters is 1. The number of piperidine rings is 1. The molecule has 2 rings (SSSR count). The predicted molar refractivity (Wildman–Crippen MR) is 66.5 cm³/mol. The van der Waals surface area contributed by atoms with Crippen molar-refractivity contribution < 1.29 is 9.53 Å². The summed E-state index contributed by atoms with van der Waals surface area (Å²) in [6.07, 6.45) is 4.05. The third kappa shape index (κ3) is 3.19. The summed E-state index contributed by atoms with van der Waals surface area (Å²) in [5.41, 5.74) is 6.09. The number of rotatable bonds is 3. The van der Waals surface area contributed by atoms with Gasteiger partial charge in [-0.25, -0.2) is 0 Å². The molecule has 2 fully saturated rings. The molecule has 0 amide bonds. The van der Waals surface area contributed by atoms with Crippen LogP contribution >= 0.6 is 0 Å². The quantitative estimate of drug-likeness (QED) is 0.748. The van der Waals surface area contributed by atoms with Crippen molar-refractivity contribution in [3.8, 4) is 0 Å². The van der Waals surface area contributed by atoms with E-state index >= 15 is 0 Å². The molecule has 1 aliphatic carbocycles. The lowest BCUT2D eigenvalue weighted by molar-refractivity contribution is -0.142. The summed E-state index contributed by atoms with van der Waals surface area (Å²) in [7, 11) is 1.45. The first-order valence-corrected chi connectivity index (χ1v) is 6.65. The number of likely N-dealkylation sites (tertiary alicyclic amines) is 1. The Kier molecular flexibility index (Phi) is 4.05. The van der Waals surface area contributed by atoms with Gasteiger partial charge in [-0.1, -0.05) is 6.92 Å². The molecular weight excluding hydrogens is 216 g/mol. The molecule has 1 heterocycles. The van der Waals surface area contributed by atoms with Crippen LogP contribution in [-0.2, 0) is 9.53 Å². The molecular formula is C13H24N2O2. The van der Waals surface area contributed by atoms with Crippen molar-refractivity contribution in [3.05, 3.63) is 0 Å². The van der Waals surface area contributed by atoms with Crippen molar-refractivity contribution in [2.75, 3.05) is 20.2 Å². The van der Waals surface area contributed by atoms with Gasteiger partial charge in [0.1, 0.15) is 0 Å². The third-order valence-electron chi connectivity index (χ3n) is 4.15. The second-order valence-corrected chi connectivity index (χ2v) is 5.83. The van der Waals surface area contributed by atoms with Gasteiger partial charge in [0.25, 0.3) is 0 Å². The van der Waals surface area contributed by atoms with Crippen molar-refractivity contribution in [1.29, 1.82) is 0 Å². The van der Waals surface area contributed by atoms with E-state index in [1.54, 1.807) is 0 Å². The van der Waals surface area contributed by atoms with Crippen LogP contribution in [-0.4, -0.2) is 43.2 Å². The highest BCUT2D eigenvalue weighted by Gasteiger charge is 2.36. The Labute approximate surface area is 103 Å². The minimum atomic E-state index is -0.106. The number of nitrogens with two attached hydrogens (primary N) is 1. The molecule has 0 aromatic carbocycles.